The molecule has 178 valence electrons. The van der Waals surface area contributed by atoms with Gasteiger partial charge in [0.2, 0.25) is 5.91 Å². The van der Waals surface area contributed by atoms with E-state index >= 15 is 0 Å². The van der Waals surface area contributed by atoms with Gasteiger partial charge in [-0.05, 0) is 66.7 Å². The second-order valence-electron chi connectivity index (χ2n) is 6.83. The summed E-state index contributed by atoms with van der Waals surface area (Å²) < 4.78 is 16.4. The van der Waals surface area contributed by atoms with Gasteiger partial charge >= 0.3 is 5.97 Å². The maximum atomic E-state index is 12.8. The molecule has 1 saturated heterocycles. The Hall–Kier alpha value is -3.31. The Kier molecular flexibility index (Phi) is 8.72. The molecule has 0 unspecified atom stereocenters. The van der Waals surface area contributed by atoms with Gasteiger partial charge in [0, 0.05) is 10.2 Å². The van der Waals surface area contributed by atoms with Crippen LogP contribution in [0.4, 0.5) is 10.5 Å². The van der Waals surface area contributed by atoms with Gasteiger partial charge in [-0.2, -0.15) is 0 Å². The molecular weight excluding hydrogens is 528 g/mol. The van der Waals surface area contributed by atoms with Crippen molar-refractivity contribution in [1.29, 1.82) is 0 Å². The van der Waals surface area contributed by atoms with Crippen molar-refractivity contribution >= 4 is 62.5 Å². The van der Waals surface area contributed by atoms with Crippen LogP contribution >= 0.6 is 27.7 Å². The maximum absolute atomic E-state index is 12.8. The molecule has 3 rings (SSSR count). The van der Waals surface area contributed by atoms with Crippen LogP contribution < -0.4 is 14.8 Å². The Labute approximate surface area is 208 Å². The van der Waals surface area contributed by atoms with Crippen LogP contribution in [0.25, 0.3) is 6.08 Å². The van der Waals surface area contributed by atoms with Gasteiger partial charge in [0.1, 0.15) is 6.54 Å². The van der Waals surface area contributed by atoms with Crippen molar-refractivity contribution in [3.8, 4) is 11.5 Å². The zero-order chi connectivity index (χ0) is 24.7. The highest BCUT2D eigenvalue weighted by atomic mass is 79.9. The summed E-state index contributed by atoms with van der Waals surface area (Å²) >= 11 is 4.06. The van der Waals surface area contributed by atoms with Crippen molar-refractivity contribution in [2.75, 3.05) is 32.2 Å². The molecule has 1 aliphatic rings. The van der Waals surface area contributed by atoms with Crippen molar-refractivity contribution in [2.45, 2.75) is 6.92 Å². The first kappa shape index (κ1) is 25.3. The number of hydrogen-bond donors (Lipinski definition) is 1. The minimum absolute atomic E-state index is 0.173. The molecule has 11 heteroatoms. The van der Waals surface area contributed by atoms with Crippen LogP contribution in [-0.2, 0) is 19.1 Å². The van der Waals surface area contributed by atoms with Crippen molar-refractivity contribution in [3.05, 3.63) is 57.4 Å². The molecular formula is C23H21BrN2O7S. The molecule has 0 saturated carbocycles. The molecule has 2 aromatic rings. The summed E-state index contributed by atoms with van der Waals surface area (Å²) in [7, 11) is 1.26. The van der Waals surface area contributed by atoms with Crippen molar-refractivity contribution in [1.82, 2.24) is 4.90 Å². The average Bonchev–Trinajstić information content (AvgIpc) is 3.07. The van der Waals surface area contributed by atoms with E-state index in [2.05, 4.69) is 26.0 Å². The summed E-state index contributed by atoms with van der Waals surface area (Å²) in [5, 5.41) is 2.12. The van der Waals surface area contributed by atoms with E-state index in [0.29, 0.717) is 29.4 Å². The third-order valence-corrected chi connectivity index (χ3v) is 5.88. The fraction of sp³-hybridized carbons (Fsp3) is 0.217. The van der Waals surface area contributed by atoms with Gasteiger partial charge in [0.05, 0.1) is 18.6 Å². The normalized spacial score (nSPS) is 14.3. The van der Waals surface area contributed by atoms with E-state index in [0.717, 1.165) is 21.1 Å². The summed E-state index contributed by atoms with van der Waals surface area (Å²) in [6.07, 6.45) is 1.53. The largest absolute Gasteiger partial charge is 0.490 e. The van der Waals surface area contributed by atoms with Gasteiger partial charge in [-0.1, -0.05) is 22.0 Å². The second kappa shape index (κ2) is 11.7. The number of carbonyl (C=O) groups is 4. The Morgan fingerprint density at radius 2 is 1.82 bits per heavy atom. The molecule has 9 nitrogen and oxygen atoms in total. The summed E-state index contributed by atoms with van der Waals surface area (Å²) in [6, 6.07) is 11.8. The topological polar surface area (TPSA) is 111 Å². The van der Waals surface area contributed by atoms with Gasteiger partial charge in [-0.3, -0.25) is 19.3 Å². The van der Waals surface area contributed by atoms with Gasteiger partial charge in [0.15, 0.2) is 18.1 Å². The highest BCUT2D eigenvalue weighted by molar-refractivity contribution is 9.10. The molecule has 0 aromatic heterocycles. The number of amides is 3. The molecule has 0 atom stereocenters. The Morgan fingerprint density at radius 3 is 2.50 bits per heavy atom. The molecule has 1 N–H and O–H groups in total. The number of carbonyl (C=O) groups excluding carboxylic acids is 4. The standard InChI is InChI=1S/C23H21BrN2O7S/c1-3-32-18-10-14(4-9-17(18)33-13-21(28)31-2)11-19-22(29)26(23(30)34-19)12-20(27)25-16-7-5-15(24)6-8-16/h4-11H,3,12-13H2,1-2H3,(H,25,27)/b19-11+. The Bertz CT molecular complexity index is 1130. The first-order valence-electron chi connectivity index (χ1n) is 10.1. The van der Waals surface area contributed by atoms with Crippen LogP contribution in [0.1, 0.15) is 12.5 Å². The highest BCUT2D eigenvalue weighted by Gasteiger charge is 2.36. The molecule has 0 radical (unpaired) electrons. The summed E-state index contributed by atoms with van der Waals surface area (Å²) in [5.41, 5.74) is 1.13. The van der Waals surface area contributed by atoms with E-state index in [1.807, 2.05) is 0 Å². The van der Waals surface area contributed by atoms with E-state index in [-0.39, 0.29) is 11.5 Å². The van der Waals surface area contributed by atoms with E-state index < -0.39 is 29.6 Å². The van der Waals surface area contributed by atoms with Gasteiger partial charge < -0.3 is 19.5 Å². The SMILES string of the molecule is CCOc1cc(/C=C2/SC(=O)N(CC(=O)Nc3ccc(Br)cc3)C2=O)ccc1OCC(=O)OC. The average molecular weight is 549 g/mol. The quantitative estimate of drug-likeness (QED) is 0.368. The van der Waals surface area contributed by atoms with Gasteiger partial charge in [-0.25, -0.2) is 4.79 Å². The lowest BCUT2D eigenvalue weighted by molar-refractivity contribution is -0.143. The van der Waals surface area contributed by atoms with Crippen molar-refractivity contribution < 1.29 is 33.4 Å². The number of rotatable bonds is 9. The molecule has 0 aliphatic carbocycles. The molecule has 1 aliphatic heterocycles. The first-order valence-corrected chi connectivity index (χ1v) is 11.7. The number of ether oxygens (including phenoxy) is 3. The van der Waals surface area contributed by atoms with E-state index in [9.17, 15) is 19.2 Å². The van der Waals surface area contributed by atoms with Crippen LogP contribution in [0.5, 0.6) is 11.5 Å². The lowest BCUT2D eigenvalue weighted by Crippen LogP contribution is -2.36. The van der Waals surface area contributed by atoms with Crippen LogP contribution in [0.2, 0.25) is 0 Å². The lowest BCUT2D eigenvalue weighted by atomic mass is 10.2. The number of thioether (sulfide) groups is 1. The second-order valence-corrected chi connectivity index (χ2v) is 8.74. The summed E-state index contributed by atoms with van der Waals surface area (Å²) in [4.78, 5) is 49.9. The number of nitrogens with zero attached hydrogens (tertiary/aromatic N) is 1. The third kappa shape index (κ3) is 6.61. The number of methoxy groups -OCH3 is 1. The zero-order valence-corrected chi connectivity index (χ0v) is 20.7. The van der Waals surface area contributed by atoms with Crippen molar-refractivity contribution in [2.24, 2.45) is 0 Å². The number of benzene rings is 2. The lowest BCUT2D eigenvalue weighted by Gasteiger charge is -2.13. The molecule has 3 amide bonds. The number of hydrogen-bond acceptors (Lipinski definition) is 8. The number of nitrogens with one attached hydrogen (secondary N) is 1. The smallest absolute Gasteiger partial charge is 0.343 e. The molecule has 1 heterocycles. The van der Waals surface area contributed by atoms with Crippen molar-refractivity contribution in [3.63, 3.8) is 0 Å². The fourth-order valence-electron chi connectivity index (χ4n) is 2.86. The summed E-state index contributed by atoms with van der Waals surface area (Å²) in [6.45, 7) is 1.46. The number of halogens is 1. The van der Waals surface area contributed by atoms with Crippen LogP contribution in [0.3, 0.4) is 0 Å². The minimum Gasteiger partial charge on any atom is -0.490 e. The fourth-order valence-corrected chi connectivity index (χ4v) is 3.97. The monoisotopic (exact) mass is 548 g/mol. The zero-order valence-electron chi connectivity index (χ0n) is 18.3. The Morgan fingerprint density at radius 1 is 1.09 bits per heavy atom. The first-order chi connectivity index (χ1) is 16.3. The molecule has 0 bridgehead atoms. The van der Waals surface area contributed by atoms with Gasteiger partial charge in [-0.15, -0.1) is 0 Å². The van der Waals surface area contributed by atoms with Crippen LogP contribution in [-0.4, -0.2) is 54.8 Å². The number of esters is 1. The predicted octanol–water partition coefficient (Wildman–Crippen LogP) is 4.07. The van der Waals surface area contributed by atoms with Crippen LogP contribution in [0, 0.1) is 0 Å². The third-order valence-electron chi connectivity index (χ3n) is 4.44. The molecule has 2 aromatic carbocycles. The van der Waals surface area contributed by atoms with E-state index in [4.69, 9.17) is 9.47 Å². The predicted molar refractivity (Wildman–Crippen MR) is 131 cm³/mol. The number of anilines is 1. The summed E-state index contributed by atoms with van der Waals surface area (Å²) in [5.74, 6) is -0.888. The maximum Gasteiger partial charge on any atom is 0.343 e. The Balaban J connectivity index is 1.70. The molecule has 0 spiro atoms. The van der Waals surface area contributed by atoms with Gasteiger partial charge in [0.25, 0.3) is 11.1 Å². The minimum atomic E-state index is -0.565. The van der Waals surface area contributed by atoms with E-state index in [1.165, 1.54) is 13.2 Å². The number of imide groups is 1. The molecule has 1 fully saturated rings. The highest BCUT2D eigenvalue weighted by Crippen LogP contribution is 2.34. The molecule has 34 heavy (non-hydrogen) atoms. The van der Waals surface area contributed by atoms with Crippen LogP contribution in [0.15, 0.2) is 51.8 Å². The van der Waals surface area contributed by atoms with E-state index in [1.54, 1.807) is 49.4 Å².